The van der Waals surface area contributed by atoms with Crippen molar-refractivity contribution in [2.24, 2.45) is 11.5 Å². The maximum atomic E-state index is 13.2. The van der Waals surface area contributed by atoms with Crippen LogP contribution in [0.3, 0.4) is 0 Å². The normalized spacial score (nSPS) is 12.8. The van der Waals surface area contributed by atoms with Crippen LogP contribution in [0.1, 0.15) is 47.8 Å². The largest absolute Gasteiger partial charge is 0.328 e. The molecular weight excluding hydrogens is 456 g/mol. The van der Waals surface area contributed by atoms with Crippen LogP contribution in [0.2, 0.25) is 0 Å². The number of benzene rings is 2. The van der Waals surface area contributed by atoms with Crippen LogP contribution >= 0.6 is 0 Å². The maximum absolute atomic E-state index is 13.2. The molecule has 3 aromatic rings. The highest BCUT2D eigenvalue weighted by atomic mass is 16.6. The lowest BCUT2D eigenvalue weighted by atomic mass is 9.95. The summed E-state index contributed by atoms with van der Waals surface area (Å²) in [5.74, 6) is 0. The van der Waals surface area contributed by atoms with Gasteiger partial charge >= 0.3 is 5.69 Å². The fourth-order valence-electron chi connectivity index (χ4n) is 3.83. The molecule has 0 fully saturated rings. The Bertz CT molecular complexity index is 1330. The Labute approximate surface area is 199 Å². The lowest BCUT2D eigenvalue weighted by Crippen LogP contribution is -2.40. The second kappa shape index (κ2) is 10.8. The minimum atomic E-state index is -0.668. The average molecular weight is 482 g/mol. The minimum Gasteiger partial charge on any atom is -0.324 e. The van der Waals surface area contributed by atoms with Crippen molar-refractivity contribution >= 4 is 11.4 Å². The number of nitro benzene ring substituents is 2. The molecule has 0 saturated carbocycles. The Kier molecular flexibility index (Phi) is 7.89. The van der Waals surface area contributed by atoms with Crippen molar-refractivity contribution < 1.29 is 9.85 Å². The SMILES string of the molecule is CCCn1c(=O)[nH]c(CC(N)c2ccc([N+](=O)[O-])cc2)c(CC(N)c2ccc([N+](=O)[O-])cc2)c1=O. The summed E-state index contributed by atoms with van der Waals surface area (Å²) >= 11 is 0. The maximum Gasteiger partial charge on any atom is 0.328 e. The highest BCUT2D eigenvalue weighted by Crippen LogP contribution is 2.22. The zero-order valence-electron chi connectivity index (χ0n) is 19.0. The molecule has 0 saturated heterocycles. The van der Waals surface area contributed by atoms with Crippen molar-refractivity contribution in [3.05, 3.63) is 112 Å². The summed E-state index contributed by atoms with van der Waals surface area (Å²) in [6.07, 6.45) is 0.732. The molecule has 1 heterocycles. The molecule has 12 heteroatoms. The zero-order valence-corrected chi connectivity index (χ0v) is 19.0. The van der Waals surface area contributed by atoms with Crippen molar-refractivity contribution in [1.82, 2.24) is 9.55 Å². The number of hydrogen-bond donors (Lipinski definition) is 3. The summed E-state index contributed by atoms with van der Waals surface area (Å²) in [5, 5.41) is 21.8. The minimum absolute atomic E-state index is 0.0689. The van der Waals surface area contributed by atoms with Crippen LogP contribution in [0.15, 0.2) is 58.1 Å². The molecule has 5 N–H and O–H groups in total. The molecule has 184 valence electrons. The van der Waals surface area contributed by atoms with Gasteiger partial charge in [0.05, 0.1) is 9.85 Å². The molecule has 2 unspecified atom stereocenters. The van der Waals surface area contributed by atoms with Crippen LogP contribution in [0.25, 0.3) is 0 Å². The molecule has 0 aliphatic heterocycles. The third kappa shape index (κ3) is 5.86. The summed E-state index contributed by atoms with van der Waals surface area (Å²) in [6.45, 7) is 2.06. The van der Waals surface area contributed by atoms with Crippen LogP contribution < -0.4 is 22.7 Å². The Morgan fingerprint density at radius 2 is 1.31 bits per heavy atom. The van der Waals surface area contributed by atoms with Gasteiger partial charge in [-0.2, -0.15) is 0 Å². The first-order valence-electron chi connectivity index (χ1n) is 11.0. The fourth-order valence-corrected chi connectivity index (χ4v) is 3.83. The van der Waals surface area contributed by atoms with E-state index in [9.17, 15) is 29.8 Å². The van der Waals surface area contributed by atoms with E-state index in [-0.39, 0.29) is 30.8 Å². The van der Waals surface area contributed by atoms with E-state index in [1.165, 1.54) is 48.5 Å². The molecule has 0 spiro atoms. The third-order valence-corrected chi connectivity index (χ3v) is 5.73. The fraction of sp³-hybridized carbons (Fsp3) is 0.304. The summed E-state index contributed by atoms with van der Waals surface area (Å²) in [6, 6.07) is 10.1. The van der Waals surface area contributed by atoms with E-state index in [1.807, 2.05) is 6.92 Å². The van der Waals surface area contributed by atoms with Crippen molar-refractivity contribution in [2.45, 2.75) is 44.8 Å². The van der Waals surface area contributed by atoms with E-state index in [0.717, 1.165) is 4.57 Å². The highest BCUT2D eigenvalue weighted by molar-refractivity contribution is 5.36. The average Bonchev–Trinajstić information content (AvgIpc) is 2.84. The number of nitrogens with one attached hydrogen (secondary N) is 1. The van der Waals surface area contributed by atoms with E-state index >= 15 is 0 Å². The lowest BCUT2D eigenvalue weighted by Gasteiger charge is -2.18. The number of aromatic nitrogens is 2. The van der Waals surface area contributed by atoms with E-state index in [4.69, 9.17) is 11.5 Å². The first-order valence-corrected chi connectivity index (χ1v) is 11.0. The number of hydrogen-bond acceptors (Lipinski definition) is 8. The smallest absolute Gasteiger partial charge is 0.324 e. The van der Waals surface area contributed by atoms with Gasteiger partial charge in [0.1, 0.15) is 0 Å². The van der Waals surface area contributed by atoms with Gasteiger partial charge in [0.25, 0.3) is 16.9 Å². The van der Waals surface area contributed by atoms with Crippen LogP contribution in [0.5, 0.6) is 0 Å². The van der Waals surface area contributed by atoms with Gasteiger partial charge in [-0.05, 0) is 24.0 Å². The van der Waals surface area contributed by atoms with E-state index in [1.54, 1.807) is 0 Å². The Hall–Kier alpha value is -4.16. The summed E-state index contributed by atoms with van der Waals surface area (Å²) in [4.78, 5) is 49.4. The summed E-state index contributed by atoms with van der Waals surface area (Å²) in [7, 11) is 0. The molecule has 0 aliphatic carbocycles. The molecule has 35 heavy (non-hydrogen) atoms. The number of non-ortho nitro benzene ring substituents is 2. The second-order valence-electron chi connectivity index (χ2n) is 8.16. The second-order valence-corrected chi connectivity index (χ2v) is 8.16. The molecule has 0 aliphatic rings. The predicted octanol–water partition coefficient (Wildman–Crippen LogP) is 2.25. The van der Waals surface area contributed by atoms with Gasteiger partial charge in [0.2, 0.25) is 0 Å². The van der Waals surface area contributed by atoms with Gasteiger partial charge in [-0.15, -0.1) is 0 Å². The zero-order chi connectivity index (χ0) is 25.7. The molecule has 2 atom stereocenters. The van der Waals surface area contributed by atoms with Gasteiger partial charge in [-0.1, -0.05) is 31.2 Å². The van der Waals surface area contributed by atoms with Crippen LogP contribution in [-0.4, -0.2) is 19.4 Å². The number of nitrogens with zero attached hydrogens (tertiary/aromatic N) is 3. The lowest BCUT2D eigenvalue weighted by molar-refractivity contribution is -0.385. The molecular formula is C23H26N6O6. The number of rotatable bonds is 10. The van der Waals surface area contributed by atoms with Gasteiger partial charge in [0, 0.05) is 60.6 Å². The standard InChI is InChI=1S/C23H26N6O6/c1-2-11-27-22(30)18(12-19(24)14-3-7-16(8-4-14)28(32)33)21(26-23(27)31)13-20(25)15-5-9-17(10-6-15)29(34)35/h3-10,19-20H,2,11-13,24-25H2,1H3,(H,26,31). The first-order chi connectivity index (χ1) is 16.6. The van der Waals surface area contributed by atoms with Gasteiger partial charge in [-0.25, -0.2) is 4.79 Å². The Morgan fingerprint density at radius 3 is 1.74 bits per heavy atom. The van der Waals surface area contributed by atoms with Crippen molar-refractivity contribution in [2.75, 3.05) is 0 Å². The monoisotopic (exact) mass is 482 g/mol. The molecule has 3 rings (SSSR count). The Balaban J connectivity index is 1.96. The third-order valence-electron chi connectivity index (χ3n) is 5.73. The molecule has 2 aromatic carbocycles. The van der Waals surface area contributed by atoms with E-state index in [2.05, 4.69) is 4.98 Å². The number of H-pyrrole nitrogens is 1. The van der Waals surface area contributed by atoms with Gasteiger partial charge < -0.3 is 16.5 Å². The van der Waals surface area contributed by atoms with Gasteiger partial charge in [0.15, 0.2) is 0 Å². The van der Waals surface area contributed by atoms with E-state index in [0.29, 0.717) is 28.8 Å². The molecule has 0 amide bonds. The number of nitrogens with two attached hydrogens (primary N) is 2. The summed E-state index contributed by atoms with van der Waals surface area (Å²) < 4.78 is 1.11. The van der Waals surface area contributed by atoms with Gasteiger partial charge in [-0.3, -0.25) is 29.6 Å². The molecule has 12 nitrogen and oxygen atoms in total. The molecule has 1 aromatic heterocycles. The van der Waals surface area contributed by atoms with Crippen molar-refractivity contribution in [3.8, 4) is 0 Å². The number of nitro groups is 2. The first kappa shape index (κ1) is 25.5. The number of aromatic amines is 1. The Morgan fingerprint density at radius 1 is 0.857 bits per heavy atom. The van der Waals surface area contributed by atoms with Crippen LogP contribution in [0.4, 0.5) is 11.4 Å². The quantitative estimate of drug-likeness (QED) is 0.289. The van der Waals surface area contributed by atoms with Crippen molar-refractivity contribution in [3.63, 3.8) is 0 Å². The van der Waals surface area contributed by atoms with Crippen LogP contribution in [-0.2, 0) is 19.4 Å². The molecule has 0 bridgehead atoms. The van der Waals surface area contributed by atoms with E-state index < -0.39 is 33.2 Å². The molecule has 0 radical (unpaired) electrons. The highest BCUT2D eigenvalue weighted by Gasteiger charge is 2.21. The topological polar surface area (TPSA) is 193 Å². The van der Waals surface area contributed by atoms with Crippen molar-refractivity contribution in [1.29, 1.82) is 0 Å². The predicted molar refractivity (Wildman–Crippen MR) is 129 cm³/mol. The summed E-state index contributed by atoms with van der Waals surface area (Å²) in [5.41, 5.74) is 13.3. The van der Waals surface area contributed by atoms with Crippen LogP contribution in [0, 0.1) is 20.2 Å².